The predicted octanol–water partition coefficient (Wildman–Crippen LogP) is 3.50. The van der Waals surface area contributed by atoms with E-state index in [9.17, 15) is 8.78 Å². The molecule has 2 nitrogen and oxygen atoms in total. The second kappa shape index (κ2) is 4.90. The Bertz CT molecular complexity index is 385. The SMILES string of the molecule is CC1CCCC(Oc2c(F)cc(N)cc2F)C1. The van der Waals surface area contributed by atoms with E-state index in [4.69, 9.17) is 10.5 Å². The third-order valence-corrected chi connectivity index (χ3v) is 3.19. The third kappa shape index (κ3) is 2.87. The summed E-state index contributed by atoms with van der Waals surface area (Å²) in [6.07, 6.45) is 3.82. The highest BCUT2D eigenvalue weighted by Gasteiger charge is 2.23. The van der Waals surface area contributed by atoms with E-state index in [0.717, 1.165) is 37.8 Å². The van der Waals surface area contributed by atoms with Gasteiger partial charge in [0.05, 0.1) is 6.10 Å². The maximum Gasteiger partial charge on any atom is 0.191 e. The molecule has 0 spiro atoms. The van der Waals surface area contributed by atoms with Crippen LogP contribution in [0.15, 0.2) is 12.1 Å². The Morgan fingerprint density at radius 1 is 1.24 bits per heavy atom. The lowest BCUT2D eigenvalue weighted by Gasteiger charge is -2.27. The van der Waals surface area contributed by atoms with Gasteiger partial charge in [0, 0.05) is 17.8 Å². The number of halogens is 2. The van der Waals surface area contributed by atoms with Crippen LogP contribution in [0.2, 0.25) is 0 Å². The topological polar surface area (TPSA) is 35.2 Å². The first-order chi connectivity index (χ1) is 8.06. The van der Waals surface area contributed by atoms with E-state index in [1.54, 1.807) is 0 Å². The van der Waals surface area contributed by atoms with Crippen LogP contribution in [0.3, 0.4) is 0 Å². The highest BCUT2D eigenvalue weighted by molar-refractivity contribution is 5.44. The van der Waals surface area contributed by atoms with Crippen LogP contribution in [0.5, 0.6) is 5.75 Å². The summed E-state index contributed by atoms with van der Waals surface area (Å²) in [7, 11) is 0. The van der Waals surface area contributed by atoms with Crippen LogP contribution in [-0.2, 0) is 0 Å². The summed E-state index contributed by atoms with van der Waals surface area (Å²) in [5.41, 5.74) is 5.42. The number of nitrogen functional groups attached to an aromatic ring is 1. The van der Waals surface area contributed by atoms with Crippen molar-refractivity contribution in [3.8, 4) is 5.75 Å². The smallest absolute Gasteiger partial charge is 0.191 e. The minimum Gasteiger partial charge on any atom is -0.484 e. The van der Waals surface area contributed by atoms with Crippen molar-refractivity contribution in [2.75, 3.05) is 5.73 Å². The summed E-state index contributed by atoms with van der Waals surface area (Å²) < 4.78 is 32.5. The van der Waals surface area contributed by atoms with Gasteiger partial charge in [-0.2, -0.15) is 0 Å². The van der Waals surface area contributed by atoms with Crippen LogP contribution in [0.25, 0.3) is 0 Å². The van der Waals surface area contributed by atoms with E-state index in [2.05, 4.69) is 6.92 Å². The Balaban J connectivity index is 2.12. The second-order valence-electron chi connectivity index (χ2n) is 4.83. The number of nitrogens with two attached hydrogens (primary N) is 1. The van der Waals surface area contributed by atoms with E-state index in [1.165, 1.54) is 0 Å². The van der Waals surface area contributed by atoms with Gasteiger partial charge in [-0.3, -0.25) is 0 Å². The number of anilines is 1. The van der Waals surface area contributed by atoms with E-state index in [-0.39, 0.29) is 17.5 Å². The van der Waals surface area contributed by atoms with Crippen LogP contribution < -0.4 is 10.5 Å². The molecule has 2 N–H and O–H groups in total. The average Bonchev–Trinajstić information content (AvgIpc) is 2.23. The van der Waals surface area contributed by atoms with Crippen LogP contribution >= 0.6 is 0 Å². The number of benzene rings is 1. The molecule has 0 aromatic heterocycles. The van der Waals surface area contributed by atoms with Gasteiger partial charge >= 0.3 is 0 Å². The fourth-order valence-electron chi connectivity index (χ4n) is 2.34. The summed E-state index contributed by atoms with van der Waals surface area (Å²) in [6.45, 7) is 2.13. The molecule has 1 aliphatic carbocycles. The Hall–Kier alpha value is -1.32. The van der Waals surface area contributed by atoms with Crippen molar-refractivity contribution in [2.45, 2.75) is 38.7 Å². The van der Waals surface area contributed by atoms with Gasteiger partial charge < -0.3 is 10.5 Å². The van der Waals surface area contributed by atoms with Crippen molar-refractivity contribution in [3.63, 3.8) is 0 Å². The summed E-state index contributed by atoms with van der Waals surface area (Å²) >= 11 is 0. The van der Waals surface area contributed by atoms with Crippen LogP contribution in [0, 0.1) is 17.6 Å². The predicted molar refractivity (Wildman–Crippen MR) is 62.8 cm³/mol. The van der Waals surface area contributed by atoms with E-state index < -0.39 is 11.6 Å². The molecule has 0 radical (unpaired) electrons. The molecule has 1 fully saturated rings. The summed E-state index contributed by atoms with van der Waals surface area (Å²) in [6, 6.07) is 2.18. The van der Waals surface area contributed by atoms with Gasteiger partial charge in [-0.15, -0.1) is 0 Å². The minimum atomic E-state index is -0.722. The van der Waals surface area contributed by atoms with Crippen molar-refractivity contribution in [3.05, 3.63) is 23.8 Å². The highest BCUT2D eigenvalue weighted by Crippen LogP contribution is 2.31. The Morgan fingerprint density at radius 2 is 1.88 bits per heavy atom. The molecule has 0 bridgehead atoms. The zero-order chi connectivity index (χ0) is 12.4. The molecule has 1 aromatic rings. The first-order valence-corrected chi connectivity index (χ1v) is 5.97. The molecular weight excluding hydrogens is 224 g/mol. The van der Waals surface area contributed by atoms with Crippen LogP contribution in [-0.4, -0.2) is 6.10 Å². The molecule has 0 aliphatic heterocycles. The Kier molecular flexibility index (Phi) is 3.50. The Labute approximate surface area is 99.8 Å². The van der Waals surface area contributed by atoms with Gasteiger partial charge in [-0.05, 0) is 25.2 Å². The van der Waals surface area contributed by atoms with Crippen LogP contribution in [0.4, 0.5) is 14.5 Å². The molecule has 17 heavy (non-hydrogen) atoms. The van der Waals surface area contributed by atoms with Gasteiger partial charge in [-0.25, -0.2) is 8.78 Å². The lowest BCUT2D eigenvalue weighted by molar-refractivity contribution is 0.119. The van der Waals surface area contributed by atoms with E-state index in [1.807, 2.05) is 0 Å². The average molecular weight is 241 g/mol. The third-order valence-electron chi connectivity index (χ3n) is 3.19. The second-order valence-corrected chi connectivity index (χ2v) is 4.83. The lowest BCUT2D eigenvalue weighted by atomic mass is 9.89. The largest absolute Gasteiger partial charge is 0.484 e. The molecule has 1 aromatic carbocycles. The number of ether oxygens (including phenoxy) is 1. The minimum absolute atomic E-state index is 0.0735. The molecule has 1 aliphatic rings. The maximum absolute atomic E-state index is 13.5. The van der Waals surface area contributed by atoms with Crippen molar-refractivity contribution in [1.82, 2.24) is 0 Å². The molecule has 4 heteroatoms. The molecule has 2 unspecified atom stereocenters. The highest BCUT2D eigenvalue weighted by atomic mass is 19.1. The lowest BCUT2D eigenvalue weighted by Crippen LogP contribution is -2.25. The fraction of sp³-hybridized carbons (Fsp3) is 0.538. The summed E-state index contributed by atoms with van der Waals surface area (Å²) in [5.74, 6) is -1.19. The van der Waals surface area contributed by atoms with Gasteiger partial charge in [-0.1, -0.05) is 13.3 Å². The van der Waals surface area contributed by atoms with Crippen molar-refractivity contribution in [1.29, 1.82) is 0 Å². The normalized spacial score (nSPS) is 24.6. The number of hydrogen-bond acceptors (Lipinski definition) is 2. The monoisotopic (exact) mass is 241 g/mol. The summed E-state index contributed by atoms with van der Waals surface area (Å²) in [5, 5.41) is 0. The molecule has 0 saturated heterocycles. The maximum atomic E-state index is 13.5. The number of rotatable bonds is 2. The van der Waals surface area contributed by atoms with Gasteiger partial charge in [0.2, 0.25) is 0 Å². The van der Waals surface area contributed by atoms with Gasteiger partial charge in [0.25, 0.3) is 0 Å². The van der Waals surface area contributed by atoms with Gasteiger partial charge in [0.1, 0.15) is 0 Å². The molecule has 94 valence electrons. The molecule has 0 heterocycles. The van der Waals surface area contributed by atoms with Crippen molar-refractivity contribution < 1.29 is 13.5 Å². The van der Waals surface area contributed by atoms with Crippen molar-refractivity contribution >= 4 is 5.69 Å². The zero-order valence-electron chi connectivity index (χ0n) is 9.88. The molecule has 0 amide bonds. The van der Waals surface area contributed by atoms with E-state index in [0.29, 0.717) is 5.92 Å². The standard InChI is InChI=1S/C13H17F2NO/c1-8-3-2-4-10(5-8)17-13-11(14)6-9(16)7-12(13)15/h6-8,10H,2-5,16H2,1H3. The van der Waals surface area contributed by atoms with Gasteiger partial charge in [0.15, 0.2) is 17.4 Å². The quantitative estimate of drug-likeness (QED) is 0.804. The Morgan fingerprint density at radius 3 is 2.47 bits per heavy atom. The molecule has 2 atom stereocenters. The first kappa shape index (κ1) is 12.1. The first-order valence-electron chi connectivity index (χ1n) is 5.97. The molecule has 1 saturated carbocycles. The summed E-state index contributed by atoms with van der Waals surface area (Å²) in [4.78, 5) is 0. The van der Waals surface area contributed by atoms with Crippen molar-refractivity contribution in [2.24, 2.45) is 5.92 Å². The molecule has 2 rings (SSSR count). The van der Waals surface area contributed by atoms with Crippen LogP contribution in [0.1, 0.15) is 32.6 Å². The number of hydrogen-bond donors (Lipinski definition) is 1. The fourth-order valence-corrected chi connectivity index (χ4v) is 2.34. The van der Waals surface area contributed by atoms with E-state index >= 15 is 0 Å². The zero-order valence-corrected chi connectivity index (χ0v) is 9.88. The molecular formula is C13H17F2NO.